The largest absolute Gasteiger partial charge is 0.0843 e. The Kier molecular flexibility index (Phi) is 4.47. The first-order valence-electron chi connectivity index (χ1n) is 4.60. The Balaban J connectivity index is 2.05. The molecule has 0 unspecified atom stereocenters. The minimum Gasteiger partial charge on any atom is -0.0843 e. The van der Waals surface area contributed by atoms with Crippen LogP contribution < -0.4 is 0 Å². The molecule has 0 fully saturated rings. The number of hydrogen-bond donors (Lipinski definition) is 0. The molecule has 0 nitrogen and oxygen atoms in total. The van der Waals surface area contributed by atoms with Crippen molar-refractivity contribution in [2.75, 3.05) is 0 Å². The van der Waals surface area contributed by atoms with Crippen LogP contribution in [0.4, 0.5) is 0 Å². The third-order valence-electron chi connectivity index (χ3n) is 1.86. The molecule has 0 atom stereocenters. The summed E-state index contributed by atoms with van der Waals surface area (Å²) < 4.78 is 0. The molecule has 0 heterocycles. The molecule has 0 aliphatic carbocycles. The minimum atomic E-state index is 0.666. The molecule has 0 saturated carbocycles. The smallest absolute Gasteiger partial charge is 0.0565 e. The molecular weight excluding hydrogens is 279 g/mol. The molecule has 0 amide bonds. The second-order valence-corrected chi connectivity index (χ2v) is 6.14. The standard InChI is InChI=1S/C12H8Cl2S2/c13-9-6-7-12(11(14)8-9)16-15-10-4-2-1-3-5-10/h1-8H. The molecule has 2 aromatic rings. The summed E-state index contributed by atoms with van der Waals surface area (Å²) in [4.78, 5) is 2.23. The zero-order chi connectivity index (χ0) is 11.4. The lowest BCUT2D eigenvalue weighted by atomic mass is 10.4. The van der Waals surface area contributed by atoms with Crippen LogP contribution >= 0.6 is 44.8 Å². The fourth-order valence-electron chi connectivity index (χ4n) is 1.11. The number of halogens is 2. The van der Waals surface area contributed by atoms with Crippen molar-refractivity contribution < 1.29 is 0 Å². The summed E-state index contributed by atoms with van der Waals surface area (Å²) in [5.41, 5.74) is 0. The Morgan fingerprint density at radius 1 is 0.812 bits per heavy atom. The maximum absolute atomic E-state index is 6.08. The van der Waals surface area contributed by atoms with Crippen LogP contribution in [0.2, 0.25) is 10.0 Å². The highest BCUT2D eigenvalue weighted by atomic mass is 35.5. The number of benzene rings is 2. The van der Waals surface area contributed by atoms with Crippen LogP contribution in [-0.2, 0) is 0 Å². The molecule has 2 rings (SSSR count). The van der Waals surface area contributed by atoms with Gasteiger partial charge < -0.3 is 0 Å². The summed E-state index contributed by atoms with van der Waals surface area (Å²) in [6, 6.07) is 15.7. The zero-order valence-electron chi connectivity index (χ0n) is 8.19. The zero-order valence-corrected chi connectivity index (χ0v) is 11.3. The maximum atomic E-state index is 6.08. The van der Waals surface area contributed by atoms with Gasteiger partial charge in [0.2, 0.25) is 0 Å². The summed E-state index contributed by atoms with van der Waals surface area (Å²) in [6.07, 6.45) is 0. The van der Waals surface area contributed by atoms with E-state index in [0.29, 0.717) is 10.0 Å². The van der Waals surface area contributed by atoms with E-state index >= 15 is 0 Å². The minimum absolute atomic E-state index is 0.666. The van der Waals surface area contributed by atoms with Crippen molar-refractivity contribution >= 4 is 44.8 Å². The molecule has 4 heteroatoms. The summed E-state index contributed by atoms with van der Waals surface area (Å²) in [7, 11) is 3.32. The molecular formula is C12H8Cl2S2. The maximum Gasteiger partial charge on any atom is 0.0565 e. The van der Waals surface area contributed by atoms with E-state index < -0.39 is 0 Å². The predicted molar refractivity (Wildman–Crippen MR) is 74.6 cm³/mol. The Labute approximate surface area is 113 Å². The first-order valence-corrected chi connectivity index (χ1v) is 7.51. The van der Waals surface area contributed by atoms with E-state index in [2.05, 4.69) is 12.1 Å². The predicted octanol–water partition coefficient (Wildman–Crippen LogP) is 5.79. The monoisotopic (exact) mass is 286 g/mol. The molecule has 0 aromatic heterocycles. The van der Waals surface area contributed by atoms with Gasteiger partial charge in [0.05, 0.1) is 5.02 Å². The second kappa shape index (κ2) is 5.87. The SMILES string of the molecule is Clc1ccc(SSc2ccccc2)c(Cl)c1. The van der Waals surface area contributed by atoms with E-state index in [4.69, 9.17) is 23.2 Å². The van der Waals surface area contributed by atoms with E-state index in [0.717, 1.165) is 4.90 Å². The van der Waals surface area contributed by atoms with Crippen molar-refractivity contribution in [2.24, 2.45) is 0 Å². The van der Waals surface area contributed by atoms with Gasteiger partial charge in [-0.1, -0.05) is 63.0 Å². The van der Waals surface area contributed by atoms with Crippen molar-refractivity contribution in [1.29, 1.82) is 0 Å². The molecule has 0 aliphatic heterocycles. The first-order chi connectivity index (χ1) is 7.75. The van der Waals surface area contributed by atoms with Gasteiger partial charge in [-0.05, 0) is 30.3 Å². The van der Waals surface area contributed by atoms with Crippen LogP contribution in [0.1, 0.15) is 0 Å². The summed E-state index contributed by atoms with van der Waals surface area (Å²) in [6.45, 7) is 0. The highest BCUT2D eigenvalue weighted by molar-refractivity contribution is 8.76. The van der Waals surface area contributed by atoms with Gasteiger partial charge in [-0.15, -0.1) is 0 Å². The van der Waals surface area contributed by atoms with Crippen LogP contribution in [0.5, 0.6) is 0 Å². The third kappa shape index (κ3) is 3.36. The molecule has 82 valence electrons. The molecule has 0 spiro atoms. The molecule has 0 radical (unpaired) electrons. The highest BCUT2D eigenvalue weighted by Gasteiger charge is 2.03. The fourth-order valence-corrected chi connectivity index (χ4v) is 3.82. The van der Waals surface area contributed by atoms with Crippen molar-refractivity contribution in [3.05, 3.63) is 58.6 Å². The van der Waals surface area contributed by atoms with Gasteiger partial charge in [0.25, 0.3) is 0 Å². The van der Waals surface area contributed by atoms with Crippen LogP contribution in [0, 0.1) is 0 Å². The Morgan fingerprint density at radius 2 is 1.56 bits per heavy atom. The molecule has 16 heavy (non-hydrogen) atoms. The summed E-state index contributed by atoms with van der Waals surface area (Å²) >= 11 is 11.9. The van der Waals surface area contributed by atoms with E-state index in [1.807, 2.05) is 30.3 Å². The van der Waals surface area contributed by atoms with Crippen LogP contribution in [0.25, 0.3) is 0 Å². The van der Waals surface area contributed by atoms with Gasteiger partial charge in [-0.25, -0.2) is 0 Å². The summed E-state index contributed by atoms with van der Waals surface area (Å²) in [5, 5.41) is 1.36. The van der Waals surface area contributed by atoms with E-state index in [1.165, 1.54) is 4.90 Å². The number of rotatable bonds is 3. The van der Waals surface area contributed by atoms with E-state index in [-0.39, 0.29) is 0 Å². The molecule has 2 aromatic carbocycles. The van der Waals surface area contributed by atoms with Crippen LogP contribution in [-0.4, -0.2) is 0 Å². The lowest BCUT2D eigenvalue weighted by Crippen LogP contribution is -1.72. The normalized spacial score (nSPS) is 10.4. The van der Waals surface area contributed by atoms with E-state index in [1.54, 1.807) is 27.7 Å². The van der Waals surface area contributed by atoms with Crippen molar-refractivity contribution in [3.63, 3.8) is 0 Å². The molecule has 0 N–H and O–H groups in total. The Morgan fingerprint density at radius 3 is 2.25 bits per heavy atom. The van der Waals surface area contributed by atoms with Crippen LogP contribution in [0.15, 0.2) is 58.3 Å². The van der Waals surface area contributed by atoms with Gasteiger partial charge in [0.15, 0.2) is 0 Å². The van der Waals surface area contributed by atoms with Crippen molar-refractivity contribution in [3.8, 4) is 0 Å². The average Bonchev–Trinajstić information content (AvgIpc) is 2.29. The lowest BCUT2D eigenvalue weighted by Gasteiger charge is -2.03. The average molecular weight is 287 g/mol. The van der Waals surface area contributed by atoms with Gasteiger partial charge in [-0.3, -0.25) is 0 Å². The van der Waals surface area contributed by atoms with E-state index in [9.17, 15) is 0 Å². The van der Waals surface area contributed by atoms with Gasteiger partial charge in [0, 0.05) is 14.8 Å². The molecule has 0 bridgehead atoms. The fraction of sp³-hybridized carbons (Fsp3) is 0. The molecule has 0 aliphatic rings. The quantitative estimate of drug-likeness (QED) is 0.655. The first kappa shape index (κ1) is 12.2. The highest BCUT2D eigenvalue weighted by Crippen LogP contribution is 2.41. The van der Waals surface area contributed by atoms with Gasteiger partial charge in [0.1, 0.15) is 0 Å². The van der Waals surface area contributed by atoms with Crippen molar-refractivity contribution in [1.82, 2.24) is 0 Å². The van der Waals surface area contributed by atoms with Crippen molar-refractivity contribution in [2.45, 2.75) is 9.79 Å². The second-order valence-electron chi connectivity index (χ2n) is 3.05. The van der Waals surface area contributed by atoms with Gasteiger partial charge in [-0.2, -0.15) is 0 Å². The van der Waals surface area contributed by atoms with Crippen LogP contribution in [0.3, 0.4) is 0 Å². The topological polar surface area (TPSA) is 0 Å². The Bertz CT molecular complexity index is 472. The lowest BCUT2D eigenvalue weighted by molar-refractivity contribution is 1.47. The number of hydrogen-bond acceptors (Lipinski definition) is 2. The Hall–Kier alpha value is -0.280. The summed E-state index contributed by atoms with van der Waals surface area (Å²) in [5.74, 6) is 0. The third-order valence-corrected chi connectivity index (χ3v) is 4.97. The van der Waals surface area contributed by atoms with Gasteiger partial charge >= 0.3 is 0 Å². The molecule has 0 saturated heterocycles.